The lowest BCUT2D eigenvalue weighted by molar-refractivity contribution is 0.0947. The first-order valence-electron chi connectivity index (χ1n) is 9.92. The van der Waals surface area contributed by atoms with Crippen LogP contribution < -0.4 is 10.9 Å². The fourth-order valence-corrected chi connectivity index (χ4v) is 4.69. The molecule has 0 aliphatic carbocycles. The fraction of sp³-hybridized carbons (Fsp3) is 0.286. The Labute approximate surface area is 176 Å². The van der Waals surface area contributed by atoms with Gasteiger partial charge in [-0.2, -0.15) is 0 Å². The molecular weight excluding hydrogens is 400 g/mol. The normalized spacial score (nSPS) is 13.3. The number of rotatable bonds is 5. The predicted octanol–water partition coefficient (Wildman–Crippen LogP) is 2.20. The second kappa shape index (κ2) is 7.83. The van der Waals surface area contributed by atoms with Crippen molar-refractivity contribution < 1.29 is 4.79 Å². The van der Waals surface area contributed by atoms with E-state index < -0.39 is 5.91 Å². The number of benzene rings is 1. The molecule has 152 valence electrons. The first kappa shape index (κ1) is 18.7. The van der Waals surface area contributed by atoms with Gasteiger partial charge >= 0.3 is 0 Å². The van der Waals surface area contributed by atoms with Gasteiger partial charge in [0.1, 0.15) is 11.4 Å². The van der Waals surface area contributed by atoms with E-state index in [2.05, 4.69) is 20.5 Å². The number of carbonyl (C=O) groups is 1. The molecule has 1 aliphatic rings. The summed E-state index contributed by atoms with van der Waals surface area (Å²) in [5.74, 6) is 1.22. The summed E-state index contributed by atoms with van der Waals surface area (Å²) in [6, 6.07) is 10.0. The molecule has 0 fully saturated rings. The number of amides is 1. The van der Waals surface area contributed by atoms with Gasteiger partial charge in [0.05, 0.1) is 6.54 Å². The number of nitrogens with one attached hydrogen (secondary N) is 1. The molecule has 4 heterocycles. The molecule has 9 heteroatoms. The third kappa shape index (κ3) is 3.52. The molecule has 0 atom stereocenters. The second-order valence-corrected chi connectivity index (χ2v) is 8.41. The molecule has 0 radical (unpaired) electrons. The number of hydrogen-bond donors (Lipinski definition) is 1. The lowest BCUT2D eigenvalue weighted by atomic mass is 10.1. The highest BCUT2D eigenvalue weighted by molar-refractivity contribution is 7.17. The Morgan fingerprint density at radius 1 is 1.17 bits per heavy atom. The minimum atomic E-state index is -0.453. The number of fused-ring (bicyclic) bond motifs is 2. The molecule has 1 aliphatic heterocycles. The number of aromatic nitrogens is 5. The van der Waals surface area contributed by atoms with Crippen molar-refractivity contribution in [2.45, 2.75) is 38.8 Å². The van der Waals surface area contributed by atoms with Gasteiger partial charge in [0.15, 0.2) is 10.8 Å². The molecule has 0 unspecified atom stereocenters. The van der Waals surface area contributed by atoms with Crippen molar-refractivity contribution in [1.29, 1.82) is 0 Å². The smallest absolute Gasteiger partial charge is 0.271 e. The summed E-state index contributed by atoms with van der Waals surface area (Å²) in [5.41, 5.74) is 0.818. The van der Waals surface area contributed by atoms with Crippen LogP contribution in [0.5, 0.6) is 0 Å². The van der Waals surface area contributed by atoms with Gasteiger partial charge in [-0.15, -0.1) is 21.5 Å². The molecule has 0 bridgehead atoms. The highest BCUT2D eigenvalue weighted by atomic mass is 32.1. The second-order valence-electron chi connectivity index (χ2n) is 7.31. The van der Waals surface area contributed by atoms with E-state index in [-0.39, 0.29) is 17.7 Å². The molecule has 1 aromatic carbocycles. The molecule has 8 nitrogen and oxygen atoms in total. The van der Waals surface area contributed by atoms with Gasteiger partial charge in [0.25, 0.3) is 11.5 Å². The van der Waals surface area contributed by atoms with Crippen LogP contribution in [0.3, 0.4) is 0 Å². The van der Waals surface area contributed by atoms with E-state index in [0.717, 1.165) is 42.1 Å². The monoisotopic (exact) mass is 420 g/mol. The van der Waals surface area contributed by atoms with E-state index in [4.69, 9.17) is 0 Å². The number of nitrogens with zero attached hydrogens (tertiary/aromatic N) is 5. The number of carbonyl (C=O) groups excluding carboxylic acids is 1. The molecule has 3 aromatic heterocycles. The van der Waals surface area contributed by atoms with Gasteiger partial charge < -0.3 is 9.88 Å². The van der Waals surface area contributed by atoms with E-state index in [9.17, 15) is 9.59 Å². The van der Waals surface area contributed by atoms with Crippen molar-refractivity contribution in [2.24, 2.45) is 0 Å². The van der Waals surface area contributed by atoms with Crippen LogP contribution in [0.25, 0.3) is 4.96 Å². The van der Waals surface area contributed by atoms with E-state index in [1.54, 1.807) is 6.20 Å². The third-order valence-electron chi connectivity index (χ3n) is 5.26. The zero-order chi connectivity index (χ0) is 20.5. The standard InChI is InChI=1S/C21H20N6O2S/c28-19(22-12-18-25-24-17-8-4-5-9-26(17)18)16-11-23-21-27(20(16)29)13-15(30-21)10-14-6-2-1-3-7-14/h1-3,6-7,11,13H,4-5,8-10,12H2,(H,22,28). The van der Waals surface area contributed by atoms with Gasteiger partial charge in [-0.1, -0.05) is 30.3 Å². The van der Waals surface area contributed by atoms with E-state index >= 15 is 0 Å². The highest BCUT2D eigenvalue weighted by Gasteiger charge is 2.18. The van der Waals surface area contributed by atoms with E-state index in [1.807, 2.05) is 34.9 Å². The summed E-state index contributed by atoms with van der Waals surface area (Å²) in [4.78, 5) is 31.4. The molecule has 4 aromatic rings. The minimum Gasteiger partial charge on any atom is -0.345 e. The minimum absolute atomic E-state index is 0.0231. The van der Waals surface area contributed by atoms with Gasteiger partial charge in [-0.3, -0.25) is 14.0 Å². The topological polar surface area (TPSA) is 94.2 Å². The molecule has 1 amide bonds. The molecule has 0 saturated heterocycles. The van der Waals surface area contributed by atoms with Crippen LogP contribution in [-0.2, 0) is 25.9 Å². The molecule has 1 N–H and O–H groups in total. The summed E-state index contributed by atoms with van der Waals surface area (Å²) in [5, 5.41) is 11.2. The van der Waals surface area contributed by atoms with E-state index in [0.29, 0.717) is 17.2 Å². The maximum atomic E-state index is 12.9. The Bertz CT molecular complexity index is 1270. The van der Waals surface area contributed by atoms with Crippen molar-refractivity contribution in [3.63, 3.8) is 0 Å². The molecule has 5 rings (SSSR count). The first-order valence-corrected chi connectivity index (χ1v) is 10.7. The van der Waals surface area contributed by atoms with Crippen LogP contribution in [0.15, 0.2) is 47.5 Å². The van der Waals surface area contributed by atoms with Crippen molar-refractivity contribution in [3.8, 4) is 0 Å². The lowest BCUT2D eigenvalue weighted by Gasteiger charge is -2.14. The Kier molecular flexibility index (Phi) is 4.88. The number of aryl methyl sites for hydroxylation is 1. The third-order valence-corrected chi connectivity index (χ3v) is 6.26. The average molecular weight is 420 g/mol. The van der Waals surface area contributed by atoms with Crippen molar-refractivity contribution >= 4 is 22.2 Å². The van der Waals surface area contributed by atoms with Gasteiger partial charge in [0, 0.05) is 36.7 Å². The summed E-state index contributed by atoms with van der Waals surface area (Å²) >= 11 is 1.45. The van der Waals surface area contributed by atoms with Gasteiger partial charge in [0.2, 0.25) is 0 Å². The largest absolute Gasteiger partial charge is 0.345 e. The lowest BCUT2D eigenvalue weighted by Crippen LogP contribution is -2.31. The first-order chi connectivity index (χ1) is 14.7. The van der Waals surface area contributed by atoms with Gasteiger partial charge in [-0.25, -0.2) is 4.98 Å². The molecule has 30 heavy (non-hydrogen) atoms. The maximum absolute atomic E-state index is 12.9. The predicted molar refractivity (Wildman–Crippen MR) is 113 cm³/mol. The van der Waals surface area contributed by atoms with Crippen molar-refractivity contribution in [2.75, 3.05) is 0 Å². The summed E-state index contributed by atoms with van der Waals surface area (Å²) in [6.45, 7) is 1.10. The average Bonchev–Trinajstić information content (AvgIpc) is 3.37. The zero-order valence-corrected chi connectivity index (χ0v) is 17.1. The highest BCUT2D eigenvalue weighted by Crippen LogP contribution is 2.18. The van der Waals surface area contributed by atoms with Crippen LogP contribution in [0.4, 0.5) is 0 Å². The van der Waals surface area contributed by atoms with Crippen LogP contribution >= 0.6 is 11.3 Å². The van der Waals surface area contributed by atoms with Crippen LogP contribution in [0.1, 0.15) is 45.3 Å². The zero-order valence-electron chi connectivity index (χ0n) is 16.2. The summed E-state index contributed by atoms with van der Waals surface area (Å²) in [7, 11) is 0. The quantitative estimate of drug-likeness (QED) is 0.534. The Balaban J connectivity index is 1.35. The van der Waals surface area contributed by atoms with Crippen LogP contribution in [0, 0.1) is 0 Å². The van der Waals surface area contributed by atoms with Crippen LogP contribution in [-0.4, -0.2) is 30.1 Å². The SMILES string of the molecule is O=C(NCc1nnc2n1CCCC2)c1cnc2sc(Cc3ccccc3)cn2c1=O. The maximum Gasteiger partial charge on any atom is 0.271 e. The van der Waals surface area contributed by atoms with Gasteiger partial charge in [-0.05, 0) is 18.4 Å². The Morgan fingerprint density at radius 2 is 2.03 bits per heavy atom. The fourth-order valence-electron chi connectivity index (χ4n) is 3.72. The van der Waals surface area contributed by atoms with E-state index in [1.165, 1.54) is 21.9 Å². The molecule has 0 saturated carbocycles. The Hall–Kier alpha value is -3.33. The summed E-state index contributed by atoms with van der Waals surface area (Å²) in [6.07, 6.45) is 6.94. The van der Waals surface area contributed by atoms with Crippen molar-refractivity contribution in [3.05, 3.63) is 80.7 Å². The van der Waals surface area contributed by atoms with Crippen molar-refractivity contribution in [1.82, 2.24) is 29.5 Å². The Morgan fingerprint density at radius 3 is 2.90 bits per heavy atom. The van der Waals surface area contributed by atoms with Crippen LogP contribution in [0.2, 0.25) is 0 Å². The number of hydrogen-bond acceptors (Lipinski definition) is 6. The molecule has 0 spiro atoms. The number of thiazole rings is 1. The molecular formula is C21H20N6O2S. The summed E-state index contributed by atoms with van der Waals surface area (Å²) < 4.78 is 3.50.